The van der Waals surface area contributed by atoms with Gasteiger partial charge in [-0.15, -0.1) is 0 Å². The van der Waals surface area contributed by atoms with E-state index in [9.17, 15) is 0 Å². The van der Waals surface area contributed by atoms with Gasteiger partial charge in [0.05, 0.1) is 12.1 Å². The van der Waals surface area contributed by atoms with Crippen LogP contribution in [0.25, 0.3) is 0 Å². The van der Waals surface area contributed by atoms with E-state index in [1.807, 2.05) is 33.8 Å². The Labute approximate surface area is 96.4 Å². The third kappa shape index (κ3) is 2.27. The van der Waals surface area contributed by atoms with Crippen molar-refractivity contribution in [2.75, 3.05) is 7.11 Å². The van der Waals surface area contributed by atoms with Gasteiger partial charge in [0.15, 0.2) is 0 Å². The highest BCUT2D eigenvalue weighted by Gasteiger charge is 2.22. The molecule has 0 bridgehead atoms. The molecule has 0 spiro atoms. The standard InChI is InChI=1S/C12H18ClNO/c1-7-6-9(12(3,4)14)11(15-5)8(2)10(7)13/h6H,14H2,1-5H3. The molecule has 2 nitrogen and oxygen atoms in total. The molecule has 0 unspecified atom stereocenters. The van der Waals surface area contributed by atoms with Gasteiger partial charge in [-0.3, -0.25) is 0 Å². The van der Waals surface area contributed by atoms with Crippen molar-refractivity contribution < 1.29 is 4.74 Å². The average Bonchev–Trinajstić information content (AvgIpc) is 2.12. The van der Waals surface area contributed by atoms with Crippen molar-refractivity contribution in [3.8, 4) is 5.75 Å². The summed E-state index contributed by atoms with van der Waals surface area (Å²) in [5.41, 5.74) is 8.65. The van der Waals surface area contributed by atoms with Crippen molar-refractivity contribution in [3.63, 3.8) is 0 Å². The molecule has 0 saturated heterocycles. The molecule has 0 heterocycles. The minimum absolute atomic E-state index is 0.425. The Morgan fingerprint density at radius 3 is 2.27 bits per heavy atom. The Morgan fingerprint density at radius 2 is 1.87 bits per heavy atom. The molecule has 0 aliphatic heterocycles. The van der Waals surface area contributed by atoms with Gasteiger partial charge in [0, 0.05) is 16.7 Å². The Morgan fingerprint density at radius 1 is 1.33 bits per heavy atom. The van der Waals surface area contributed by atoms with E-state index in [2.05, 4.69) is 0 Å². The van der Waals surface area contributed by atoms with E-state index in [1.54, 1.807) is 7.11 Å². The maximum Gasteiger partial charge on any atom is 0.128 e. The van der Waals surface area contributed by atoms with Crippen LogP contribution in [0.4, 0.5) is 0 Å². The highest BCUT2D eigenvalue weighted by molar-refractivity contribution is 6.32. The summed E-state index contributed by atoms with van der Waals surface area (Å²) >= 11 is 6.16. The maximum atomic E-state index is 6.16. The van der Waals surface area contributed by atoms with Crippen LogP contribution in [0.15, 0.2) is 6.07 Å². The summed E-state index contributed by atoms with van der Waals surface area (Å²) in [5.74, 6) is 0.790. The number of hydrogen-bond donors (Lipinski definition) is 1. The number of benzene rings is 1. The number of hydrogen-bond acceptors (Lipinski definition) is 2. The zero-order valence-electron chi connectivity index (χ0n) is 9.94. The third-order valence-electron chi connectivity index (χ3n) is 2.52. The molecule has 1 aromatic carbocycles. The number of aryl methyl sites for hydroxylation is 1. The Balaban J connectivity index is 3.53. The minimum Gasteiger partial charge on any atom is -0.496 e. The number of halogens is 1. The molecule has 1 rings (SSSR count). The van der Waals surface area contributed by atoms with Gasteiger partial charge in [0.1, 0.15) is 5.75 Å². The van der Waals surface area contributed by atoms with E-state index < -0.39 is 5.54 Å². The number of nitrogens with two attached hydrogens (primary N) is 1. The van der Waals surface area contributed by atoms with Crippen molar-refractivity contribution >= 4 is 11.6 Å². The molecule has 0 fully saturated rings. The predicted molar refractivity (Wildman–Crippen MR) is 64.7 cm³/mol. The summed E-state index contributed by atoms with van der Waals surface area (Å²) in [4.78, 5) is 0. The van der Waals surface area contributed by atoms with Gasteiger partial charge in [0.2, 0.25) is 0 Å². The third-order valence-corrected chi connectivity index (χ3v) is 3.10. The van der Waals surface area contributed by atoms with Crippen LogP contribution in [0.2, 0.25) is 5.02 Å². The van der Waals surface area contributed by atoms with Crippen molar-refractivity contribution in [2.45, 2.75) is 33.2 Å². The SMILES string of the molecule is COc1c(C(C)(C)N)cc(C)c(Cl)c1C. The van der Waals surface area contributed by atoms with E-state index in [0.29, 0.717) is 0 Å². The first-order valence-electron chi connectivity index (χ1n) is 4.92. The second-order valence-corrected chi connectivity index (χ2v) is 4.81. The fraction of sp³-hybridized carbons (Fsp3) is 0.500. The molecule has 0 saturated carbocycles. The first kappa shape index (κ1) is 12.3. The van der Waals surface area contributed by atoms with Crippen LogP contribution in [-0.4, -0.2) is 7.11 Å². The first-order chi connectivity index (χ1) is 6.79. The Hall–Kier alpha value is -0.730. The Bertz CT molecular complexity index is 380. The molecule has 1 aromatic rings. The van der Waals surface area contributed by atoms with Crippen LogP contribution >= 0.6 is 11.6 Å². The van der Waals surface area contributed by atoms with Crippen LogP contribution in [0.1, 0.15) is 30.5 Å². The molecule has 0 amide bonds. The molecule has 0 aliphatic rings. The number of methoxy groups -OCH3 is 1. The van der Waals surface area contributed by atoms with Gasteiger partial charge in [-0.2, -0.15) is 0 Å². The van der Waals surface area contributed by atoms with Crippen molar-refractivity contribution in [3.05, 3.63) is 27.8 Å². The summed E-state index contributed by atoms with van der Waals surface area (Å²) in [6.45, 7) is 7.84. The molecule has 84 valence electrons. The predicted octanol–water partition coefficient (Wildman–Crippen LogP) is 3.16. The zero-order chi connectivity index (χ0) is 11.8. The monoisotopic (exact) mass is 227 g/mol. The lowest BCUT2D eigenvalue weighted by Gasteiger charge is -2.24. The maximum absolute atomic E-state index is 6.16. The van der Waals surface area contributed by atoms with Crippen LogP contribution < -0.4 is 10.5 Å². The van der Waals surface area contributed by atoms with E-state index in [0.717, 1.165) is 27.5 Å². The average molecular weight is 228 g/mol. The first-order valence-corrected chi connectivity index (χ1v) is 5.30. The van der Waals surface area contributed by atoms with Crippen LogP contribution in [0.3, 0.4) is 0 Å². The molecule has 0 radical (unpaired) electrons. The lowest BCUT2D eigenvalue weighted by Crippen LogP contribution is -2.29. The van der Waals surface area contributed by atoms with Gasteiger partial charge >= 0.3 is 0 Å². The topological polar surface area (TPSA) is 35.2 Å². The lowest BCUT2D eigenvalue weighted by atomic mass is 9.91. The van der Waals surface area contributed by atoms with E-state index in [1.165, 1.54) is 0 Å². The van der Waals surface area contributed by atoms with Crippen LogP contribution in [0, 0.1) is 13.8 Å². The van der Waals surface area contributed by atoms with Gasteiger partial charge in [-0.05, 0) is 39.3 Å². The van der Waals surface area contributed by atoms with E-state index in [-0.39, 0.29) is 0 Å². The number of rotatable bonds is 2. The molecule has 0 aliphatic carbocycles. The molecule has 0 aromatic heterocycles. The molecule has 3 heteroatoms. The fourth-order valence-corrected chi connectivity index (χ4v) is 1.82. The second-order valence-electron chi connectivity index (χ2n) is 4.43. The fourth-order valence-electron chi connectivity index (χ4n) is 1.68. The number of ether oxygens (including phenoxy) is 1. The van der Waals surface area contributed by atoms with Crippen molar-refractivity contribution in [1.29, 1.82) is 0 Å². The van der Waals surface area contributed by atoms with Gasteiger partial charge in [0.25, 0.3) is 0 Å². The van der Waals surface area contributed by atoms with Crippen LogP contribution in [0.5, 0.6) is 5.75 Å². The largest absolute Gasteiger partial charge is 0.496 e. The molecule has 0 atom stereocenters. The van der Waals surface area contributed by atoms with Gasteiger partial charge < -0.3 is 10.5 Å². The van der Waals surface area contributed by atoms with E-state index >= 15 is 0 Å². The minimum atomic E-state index is -0.425. The summed E-state index contributed by atoms with van der Waals surface area (Å²) in [7, 11) is 1.64. The van der Waals surface area contributed by atoms with Crippen LogP contribution in [-0.2, 0) is 5.54 Å². The molecule has 15 heavy (non-hydrogen) atoms. The molecular formula is C12H18ClNO. The summed E-state index contributed by atoms with van der Waals surface area (Å²) < 4.78 is 5.37. The van der Waals surface area contributed by atoms with Gasteiger partial charge in [-0.25, -0.2) is 0 Å². The second kappa shape index (κ2) is 4.03. The normalized spacial score (nSPS) is 11.7. The smallest absolute Gasteiger partial charge is 0.128 e. The summed E-state index contributed by atoms with van der Waals surface area (Å²) in [6, 6.07) is 1.99. The zero-order valence-corrected chi connectivity index (χ0v) is 10.7. The highest BCUT2D eigenvalue weighted by Crippen LogP contribution is 2.36. The molecular weight excluding hydrogens is 210 g/mol. The van der Waals surface area contributed by atoms with Crippen molar-refractivity contribution in [2.24, 2.45) is 5.73 Å². The Kier molecular flexibility index (Phi) is 3.31. The summed E-state index contributed by atoms with van der Waals surface area (Å²) in [5, 5.41) is 0.750. The van der Waals surface area contributed by atoms with Gasteiger partial charge in [-0.1, -0.05) is 11.6 Å². The lowest BCUT2D eigenvalue weighted by molar-refractivity contribution is 0.391. The molecule has 2 N–H and O–H groups in total. The quantitative estimate of drug-likeness (QED) is 0.843. The van der Waals surface area contributed by atoms with Crippen molar-refractivity contribution in [1.82, 2.24) is 0 Å². The van der Waals surface area contributed by atoms with E-state index in [4.69, 9.17) is 22.1 Å². The highest BCUT2D eigenvalue weighted by atomic mass is 35.5. The summed E-state index contributed by atoms with van der Waals surface area (Å²) in [6.07, 6.45) is 0.